The molecule has 3 aromatic rings. The van der Waals surface area contributed by atoms with E-state index < -0.39 is 6.04 Å². The number of rotatable bonds is 4. The second-order valence-electron chi connectivity index (χ2n) is 8.35. The lowest BCUT2D eigenvalue weighted by atomic mass is 9.99. The summed E-state index contributed by atoms with van der Waals surface area (Å²) in [5.74, 6) is -0.291. The van der Waals surface area contributed by atoms with Crippen LogP contribution in [0.25, 0.3) is 10.9 Å². The Bertz CT molecular complexity index is 1120. The van der Waals surface area contributed by atoms with Crippen LogP contribution in [0.1, 0.15) is 41.0 Å². The molecule has 1 aliphatic heterocycles. The van der Waals surface area contributed by atoms with Crippen LogP contribution in [0.4, 0.5) is 0 Å². The predicted molar refractivity (Wildman–Crippen MR) is 120 cm³/mol. The van der Waals surface area contributed by atoms with Gasteiger partial charge in [-0.25, -0.2) is 0 Å². The lowest BCUT2D eigenvalue weighted by Crippen LogP contribution is -2.52. The zero-order valence-corrected chi connectivity index (χ0v) is 18.2. The van der Waals surface area contributed by atoms with E-state index in [-0.39, 0.29) is 17.7 Å². The largest absolute Gasteiger partial charge is 0.358 e. The van der Waals surface area contributed by atoms with Crippen molar-refractivity contribution in [2.75, 3.05) is 6.54 Å². The molecule has 2 heterocycles. The Hall–Kier alpha value is -2.79. The van der Waals surface area contributed by atoms with Gasteiger partial charge in [0.1, 0.15) is 6.04 Å². The van der Waals surface area contributed by atoms with Gasteiger partial charge in [-0.05, 0) is 43.2 Å². The number of nitrogens with zero attached hydrogens (tertiary/aromatic N) is 1. The van der Waals surface area contributed by atoms with Crippen LogP contribution in [0.3, 0.4) is 0 Å². The fourth-order valence-corrected chi connectivity index (χ4v) is 4.27. The molecule has 6 heteroatoms. The number of aryl methyl sites for hydroxylation is 1. The van der Waals surface area contributed by atoms with Crippen molar-refractivity contribution in [1.29, 1.82) is 0 Å². The van der Waals surface area contributed by atoms with Gasteiger partial charge in [0.05, 0.1) is 0 Å². The Labute approximate surface area is 181 Å². The second-order valence-corrected chi connectivity index (χ2v) is 8.78. The van der Waals surface area contributed by atoms with Crippen LogP contribution >= 0.6 is 11.6 Å². The van der Waals surface area contributed by atoms with E-state index in [1.165, 1.54) is 0 Å². The minimum absolute atomic E-state index is 0.0231. The maximum atomic E-state index is 13.4. The Balaban J connectivity index is 1.55. The van der Waals surface area contributed by atoms with Crippen molar-refractivity contribution in [3.8, 4) is 0 Å². The standard InChI is InChI=1S/C24H26ClN3O2/c1-14(2)22(27-23(29)16-6-4-5-15(3)11-16)24(30)28-10-9-21-19(13-28)18-12-17(25)7-8-20(18)26-21/h4-8,11-12,14,22,26H,9-10,13H2,1-3H3,(H,27,29). The van der Waals surface area contributed by atoms with Gasteiger partial charge in [0.2, 0.25) is 5.91 Å². The molecule has 2 aromatic carbocycles. The SMILES string of the molecule is Cc1cccc(C(=O)NC(C(=O)N2CCc3[nH]c4ccc(Cl)cc4c3C2)C(C)C)c1. The van der Waals surface area contributed by atoms with Gasteiger partial charge >= 0.3 is 0 Å². The van der Waals surface area contributed by atoms with Crippen LogP contribution in [-0.4, -0.2) is 34.3 Å². The van der Waals surface area contributed by atoms with Crippen molar-refractivity contribution in [2.45, 2.75) is 39.8 Å². The highest BCUT2D eigenvalue weighted by Crippen LogP contribution is 2.30. The zero-order chi connectivity index (χ0) is 21.4. The lowest BCUT2D eigenvalue weighted by Gasteiger charge is -2.32. The van der Waals surface area contributed by atoms with E-state index in [1.807, 2.05) is 62.1 Å². The third-order valence-corrected chi connectivity index (χ3v) is 5.98. The number of benzene rings is 2. The molecule has 1 aliphatic rings. The predicted octanol–water partition coefficient (Wildman–Crippen LogP) is 4.47. The maximum Gasteiger partial charge on any atom is 0.251 e. The molecule has 1 atom stereocenters. The summed E-state index contributed by atoms with van der Waals surface area (Å²) < 4.78 is 0. The van der Waals surface area contributed by atoms with E-state index in [0.29, 0.717) is 23.7 Å². The molecular formula is C24H26ClN3O2. The molecule has 1 unspecified atom stereocenters. The van der Waals surface area contributed by atoms with Crippen LogP contribution in [0.2, 0.25) is 5.02 Å². The number of aromatic amines is 1. The first kappa shape index (κ1) is 20.5. The molecule has 5 nitrogen and oxygen atoms in total. The fraction of sp³-hybridized carbons (Fsp3) is 0.333. The monoisotopic (exact) mass is 423 g/mol. The highest BCUT2D eigenvalue weighted by molar-refractivity contribution is 6.31. The van der Waals surface area contributed by atoms with Gasteiger partial charge in [0.15, 0.2) is 0 Å². The summed E-state index contributed by atoms with van der Waals surface area (Å²) in [6.07, 6.45) is 0.754. The molecule has 0 saturated carbocycles. The number of amides is 2. The number of carbonyl (C=O) groups is 2. The quantitative estimate of drug-likeness (QED) is 0.650. The minimum Gasteiger partial charge on any atom is -0.358 e. The van der Waals surface area contributed by atoms with Gasteiger partial charge in [-0.15, -0.1) is 0 Å². The van der Waals surface area contributed by atoms with Crippen LogP contribution < -0.4 is 5.32 Å². The summed E-state index contributed by atoms with van der Waals surface area (Å²) in [6.45, 7) is 6.99. The summed E-state index contributed by atoms with van der Waals surface area (Å²) in [6, 6.07) is 12.6. The Kier molecular flexibility index (Phi) is 5.56. The van der Waals surface area contributed by atoms with Gasteiger partial charge in [-0.3, -0.25) is 9.59 Å². The Morgan fingerprint density at radius 1 is 1.17 bits per heavy atom. The third-order valence-electron chi connectivity index (χ3n) is 5.75. The summed E-state index contributed by atoms with van der Waals surface area (Å²) in [5.41, 5.74) is 4.88. The molecular weight excluding hydrogens is 398 g/mol. The number of halogens is 1. The molecule has 0 radical (unpaired) electrons. The highest BCUT2D eigenvalue weighted by atomic mass is 35.5. The highest BCUT2D eigenvalue weighted by Gasteiger charge is 2.32. The molecule has 0 spiro atoms. The van der Waals surface area contributed by atoms with E-state index in [1.54, 1.807) is 6.07 Å². The Morgan fingerprint density at radius 3 is 2.70 bits per heavy atom. The first-order valence-corrected chi connectivity index (χ1v) is 10.7. The molecule has 0 saturated heterocycles. The summed E-state index contributed by atoms with van der Waals surface area (Å²) in [4.78, 5) is 31.4. The molecule has 30 heavy (non-hydrogen) atoms. The van der Waals surface area contributed by atoms with E-state index in [4.69, 9.17) is 11.6 Å². The first-order chi connectivity index (χ1) is 14.3. The number of hydrogen-bond donors (Lipinski definition) is 2. The number of H-pyrrole nitrogens is 1. The second kappa shape index (κ2) is 8.15. The zero-order valence-electron chi connectivity index (χ0n) is 17.5. The average molecular weight is 424 g/mol. The third kappa shape index (κ3) is 3.94. The van der Waals surface area contributed by atoms with Crippen molar-refractivity contribution in [3.63, 3.8) is 0 Å². The number of aromatic nitrogens is 1. The topological polar surface area (TPSA) is 65.2 Å². The fourth-order valence-electron chi connectivity index (χ4n) is 4.10. The van der Waals surface area contributed by atoms with Gasteiger partial charge in [-0.2, -0.15) is 0 Å². The molecule has 2 amide bonds. The maximum absolute atomic E-state index is 13.4. The van der Waals surface area contributed by atoms with Gasteiger partial charge < -0.3 is 15.2 Å². The van der Waals surface area contributed by atoms with Crippen LogP contribution in [0.5, 0.6) is 0 Å². The van der Waals surface area contributed by atoms with Crippen molar-refractivity contribution in [1.82, 2.24) is 15.2 Å². The summed E-state index contributed by atoms with van der Waals surface area (Å²) in [5, 5.41) is 4.70. The molecule has 1 aromatic heterocycles. The molecule has 0 aliphatic carbocycles. The number of hydrogen-bond acceptors (Lipinski definition) is 2. The van der Waals surface area contributed by atoms with Gasteiger partial charge in [0, 0.05) is 52.3 Å². The van der Waals surface area contributed by atoms with Crippen LogP contribution in [0, 0.1) is 12.8 Å². The van der Waals surface area contributed by atoms with Crippen molar-refractivity contribution in [2.24, 2.45) is 5.92 Å². The number of fused-ring (bicyclic) bond motifs is 3. The molecule has 2 N–H and O–H groups in total. The molecule has 4 rings (SSSR count). The lowest BCUT2D eigenvalue weighted by molar-refractivity contribution is -0.135. The van der Waals surface area contributed by atoms with Gasteiger partial charge in [0.25, 0.3) is 5.91 Å². The molecule has 0 fully saturated rings. The van der Waals surface area contributed by atoms with Gasteiger partial charge in [-0.1, -0.05) is 43.1 Å². The molecule has 156 valence electrons. The normalized spacial score (nSPS) is 14.6. The van der Waals surface area contributed by atoms with E-state index in [0.717, 1.165) is 34.1 Å². The minimum atomic E-state index is -0.576. The van der Waals surface area contributed by atoms with Crippen LogP contribution in [0.15, 0.2) is 42.5 Å². The Morgan fingerprint density at radius 2 is 1.97 bits per heavy atom. The van der Waals surface area contributed by atoms with Crippen molar-refractivity contribution in [3.05, 3.63) is 69.9 Å². The number of carbonyl (C=O) groups excluding carboxylic acids is 2. The number of nitrogens with one attached hydrogen (secondary N) is 2. The average Bonchev–Trinajstić information content (AvgIpc) is 3.08. The first-order valence-electron chi connectivity index (χ1n) is 10.3. The van der Waals surface area contributed by atoms with E-state index >= 15 is 0 Å². The smallest absolute Gasteiger partial charge is 0.251 e. The van der Waals surface area contributed by atoms with Crippen molar-refractivity contribution < 1.29 is 9.59 Å². The van der Waals surface area contributed by atoms with E-state index in [2.05, 4.69) is 10.3 Å². The van der Waals surface area contributed by atoms with Crippen molar-refractivity contribution >= 4 is 34.3 Å². The van der Waals surface area contributed by atoms with Crippen LogP contribution in [-0.2, 0) is 17.8 Å². The van der Waals surface area contributed by atoms with E-state index in [9.17, 15) is 9.59 Å². The molecule has 0 bridgehead atoms. The summed E-state index contributed by atoms with van der Waals surface area (Å²) in [7, 11) is 0. The summed E-state index contributed by atoms with van der Waals surface area (Å²) >= 11 is 6.19.